The molecular weight excluding hydrogens is 494 g/mol. The third kappa shape index (κ3) is 5.50. The monoisotopic (exact) mass is 527 g/mol. The number of fused-ring (bicyclic) bond motifs is 3. The Balaban J connectivity index is 1.55. The molecule has 4 aromatic rings. The van der Waals surface area contributed by atoms with E-state index in [1.165, 1.54) is 45.1 Å². The molecule has 5 rings (SSSR count). The molecule has 1 heterocycles. The van der Waals surface area contributed by atoms with E-state index in [0.29, 0.717) is 18.2 Å². The average Bonchev–Trinajstić information content (AvgIpc) is 3.25. The van der Waals surface area contributed by atoms with Crippen molar-refractivity contribution in [1.82, 2.24) is 4.57 Å². The van der Waals surface area contributed by atoms with Gasteiger partial charge in [0.05, 0.1) is 11.5 Å². The lowest BCUT2D eigenvalue weighted by atomic mass is 9.90. The van der Waals surface area contributed by atoms with Crippen LogP contribution in [0.5, 0.6) is 5.75 Å². The number of hydrogen-bond acceptors (Lipinski definition) is 6. The molecule has 0 aliphatic heterocycles. The van der Waals surface area contributed by atoms with E-state index in [1.807, 2.05) is 50.2 Å². The molecule has 1 aromatic heterocycles. The van der Waals surface area contributed by atoms with Gasteiger partial charge in [-0.3, -0.25) is 10.1 Å². The van der Waals surface area contributed by atoms with Crippen LogP contribution in [-0.4, -0.2) is 27.8 Å². The van der Waals surface area contributed by atoms with Gasteiger partial charge >= 0.3 is 5.97 Å². The summed E-state index contributed by atoms with van der Waals surface area (Å²) in [6.45, 7) is 6.78. The molecule has 8 nitrogen and oxygen atoms in total. The first kappa shape index (κ1) is 26.4. The van der Waals surface area contributed by atoms with E-state index in [4.69, 9.17) is 9.57 Å². The van der Waals surface area contributed by atoms with Crippen LogP contribution in [0.2, 0.25) is 0 Å². The maximum atomic E-state index is 11.7. The Hall–Kier alpha value is -4.20. The van der Waals surface area contributed by atoms with Gasteiger partial charge in [0.25, 0.3) is 5.69 Å². The molecule has 0 bridgehead atoms. The zero-order valence-electron chi connectivity index (χ0n) is 22.6. The second-order valence-electron chi connectivity index (χ2n) is 10.2. The second-order valence-corrected chi connectivity index (χ2v) is 10.2. The highest BCUT2D eigenvalue weighted by Crippen LogP contribution is 2.33. The van der Waals surface area contributed by atoms with Crippen LogP contribution in [0.3, 0.4) is 0 Å². The molecule has 0 radical (unpaired) electrons. The van der Waals surface area contributed by atoms with Gasteiger partial charge in [0, 0.05) is 58.5 Å². The number of nitro benzene ring substituents is 1. The Bertz CT molecular complexity index is 1580. The Labute approximate surface area is 227 Å². The molecule has 1 aliphatic carbocycles. The summed E-state index contributed by atoms with van der Waals surface area (Å²) in [5, 5.41) is 17.4. The van der Waals surface area contributed by atoms with Crippen LogP contribution in [0.25, 0.3) is 21.8 Å². The van der Waals surface area contributed by atoms with Crippen molar-refractivity contribution < 1.29 is 19.3 Å². The molecule has 1 aliphatic rings. The third-order valence-corrected chi connectivity index (χ3v) is 7.58. The molecule has 0 spiro atoms. The van der Waals surface area contributed by atoms with Crippen molar-refractivity contribution >= 4 is 39.2 Å². The van der Waals surface area contributed by atoms with Gasteiger partial charge < -0.3 is 14.1 Å². The van der Waals surface area contributed by atoms with Gasteiger partial charge in [-0.2, -0.15) is 0 Å². The molecule has 1 saturated carbocycles. The SMILES string of the molecule is CCn1c2ccc(/C(=N/OC(C)=O)c3ccc(OCC4CCCCC4)cc3C)cc2c2cc([N+](=O)[O-])ccc21. The summed E-state index contributed by atoms with van der Waals surface area (Å²) in [6.07, 6.45) is 6.30. The van der Waals surface area contributed by atoms with Gasteiger partial charge in [-0.1, -0.05) is 30.5 Å². The molecule has 39 heavy (non-hydrogen) atoms. The zero-order valence-corrected chi connectivity index (χ0v) is 22.6. The summed E-state index contributed by atoms with van der Waals surface area (Å²) in [5.41, 5.74) is 4.92. The molecular formula is C31H33N3O5. The highest BCUT2D eigenvalue weighted by Gasteiger charge is 2.19. The number of nitro groups is 1. The fraction of sp³-hybridized carbons (Fsp3) is 0.355. The van der Waals surface area contributed by atoms with Crippen molar-refractivity contribution in [3.63, 3.8) is 0 Å². The quantitative estimate of drug-likeness (QED) is 0.104. The zero-order chi connectivity index (χ0) is 27.5. The highest BCUT2D eigenvalue weighted by atomic mass is 16.7. The first-order valence-electron chi connectivity index (χ1n) is 13.6. The van der Waals surface area contributed by atoms with Gasteiger partial charge in [0.2, 0.25) is 0 Å². The Morgan fingerprint density at radius 1 is 1.03 bits per heavy atom. The molecule has 0 saturated heterocycles. The third-order valence-electron chi connectivity index (χ3n) is 7.58. The van der Waals surface area contributed by atoms with Crippen molar-refractivity contribution in [2.45, 2.75) is 59.4 Å². The predicted octanol–water partition coefficient (Wildman–Crippen LogP) is 7.31. The highest BCUT2D eigenvalue weighted by molar-refractivity contribution is 6.17. The van der Waals surface area contributed by atoms with E-state index < -0.39 is 5.97 Å². The Kier molecular flexibility index (Phi) is 7.63. The lowest BCUT2D eigenvalue weighted by molar-refractivity contribution is -0.384. The number of aromatic nitrogens is 1. The maximum Gasteiger partial charge on any atom is 0.332 e. The number of carbonyl (C=O) groups is 1. The summed E-state index contributed by atoms with van der Waals surface area (Å²) in [7, 11) is 0. The standard InChI is InChI=1S/C31H33N3O5/c1-4-33-29-14-10-23(17-27(29)28-18-24(34(36)37)11-15-30(28)33)31(32-39-21(3)35)26-13-12-25(16-20(26)2)38-19-22-8-6-5-7-9-22/h10-18,22H,4-9,19H2,1-3H3/b32-31-. The summed E-state index contributed by atoms with van der Waals surface area (Å²) >= 11 is 0. The van der Waals surface area contributed by atoms with Gasteiger partial charge in [-0.15, -0.1) is 0 Å². The van der Waals surface area contributed by atoms with Crippen LogP contribution in [0.15, 0.2) is 59.8 Å². The van der Waals surface area contributed by atoms with E-state index in [1.54, 1.807) is 12.1 Å². The number of benzene rings is 3. The molecule has 0 N–H and O–H groups in total. The minimum absolute atomic E-state index is 0.0384. The normalized spacial score (nSPS) is 14.6. The molecule has 202 valence electrons. The van der Waals surface area contributed by atoms with Crippen molar-refractivity contribution in [3.8, 4) is 5.75 Å². The fourth-order valence-electron chi connectivity index (χ4n) is 5.62. The molecule has 0 amide bonds. The number of ether oxygens (including phenoxy) is 1. The number of hydrogen-bond donors (Lipinski definition) is 0. The van der Waals surface area contributed by atoms with Crippen LogP contribution in [0.1, 0.15) is 62.6 Å². The van der Waals surface area contributed by atoms with Crippen molar-refractivity contribution in [3.05, 3.63) is 81.4 Å². The summed E-state index contributed by atoms with van der Waals surface area (Å²) in [6, 6.07) is 16.7. The minimum Gasteiger partial charge on any atom is -0.493 e. The van der Waals surface area contributed by atoms with Crippen LogP contribution < -0.4 is 4.74 Å². The van der Waals surface area contributed by atoms with Crippen LogP contribution in [0.4, 0.5) is 5.69 Å². The van der Waals surface area contributed by atoms with Crippen LogP contribution in [-0.2, 0) is 16.2 Å². The van der Waals surface area contributed by atoms with Crippen molar-refractivity contribution in [2.75, 3.05) is 6.61 Å². The second kappa shape index (κ2) is 11.3. The smallest absolute Gasteiger partial charge is 0.332 e. The van der Waals surface area contributed by atoms with E-state index >= 15 is 0 Å². The molecule has 0 atom stereocenters. The fourth-order valence-corrected chi connectivity index (χ4v) is 5.62. The lowest BCUT2D eigenvalue weighted by Gasteiger charge is -2.22. The first-order valence-corrected chi connectivity index (χ1v) is 13.6. The predicted molar refractivity (Wildman–Crippen MR) is 152 cm³/mol. The minimum atomic E-state index is -0.517. The Morgan fingerprint density at radius 3 is 2.41 bits per heavy atom. The number of aryl methyl sites for hydroxylation is 2. The van der Waals surface area contributed by atoms with Gasteiger partial charge in [-0.25, -0.2) is 4.79 Å². The van der Waals surface area contributed by atoms with E-state index in [-0.39, 0.29) is 10.6 Å². The Morgan fingerprint density at radius 2 is 1.74 bits per heavy atom. The van der Waals surface area contributed by atoms with Gasteiger partial charge in [0.1, 0.15) is 11.5 Å². The van der Waals surface area contributed by atoms with Crippen LogP contribution >= 0.6 is 0 Å². The van der Waals surface area contributed by atoms with Crippen molar-refractivity contribution in [2.24, 2.45) is 11.1 Å². The molecule has 1 fully saturated rings. The van der Waals surface area contributed by atoms with E-state index in [2.05, 4.69) is 9.72 Å². The number of nitrogens with zero attached hydrogens (tertiary/aromatic N) is 3. The summed E-state index contributed by atoms with van der Waals surface area (Å²) in [4.78, 5) is 27.9. The number of non-ortho nitro benzene ring substituents is 1. The van der Waals surface area contributed by atoms with Crippen molar-refractivity contribution in [1.29, 1.82) is 0 Å². The lowest BCUT2D eigenvalue weighted by Crippen LogP contribution is -2.15. The molecule has 3 aromatic carbocycles. The van der Waals surface area contributed by atoms with E-state index in [0.717, 1.165) is 50.9 Å². The summed E-state index contributed by atoms with van der Waals surface area (Å²) < 4.78 is 8.26. The number of rotatable bonds is 8. The largest absolute Gasteiger partial charge is 0.493 e. The average molecular weight is 528 g/mol. The maximum absolute atomic E-state index is 11.7. The number of oxime groups is 1. The topological polar surface area (TPSA) is 96.0 Å². The van der Waals surface area contributed by atoms with E-state index in [9.17, 15) is 14.9 Å². The number of carbonyl (C=O) groups excluding carboxylic acids is 1. The molecule has 8 heteroatoms. The first-order chi connectivity index (χ1) is 18.9. The van der Waals surface area contributed by atoms with Gasteiger partial charge in [-0.05, 0) is 74.6 Å². The van der Waals surface area contributed by atoms with Gasteiger partial charge in [0.15, 0.2) is 0 Å². The van der Waals surface area contributed by atoms with Crippen LogP contribution in [0, 0.1) is 23.0 Å². The molecule has 0 unspecified atom stereocenters. The summed E-state index contributed by atoms with van der Waals surface area (Å²) in [5.74, 6) is 0.895.